The van der Waals surface area contributed by atoms with Crippen LogP contribution in [0.15, 0.2) is 0 Å². The number of benzene rings is 1. The van der Waals surface area contributed by atoms with Crippen LogP contribution < -0.4 is 5.73 Å². The van der Waals surface area contributed by atoms with Crippen molar-refractivity contribution >= 4 is 5.69 Å². The lowest BCUT2D eigenvalue weighted by atomic mass is 10.0. The van der Waals surface area contributed by atoms with Gasteiger partial charge in [-0.1, -0.05) is 0 Å². The summed E-state index contributed by atoms with van der Waals surface area (Å²) in [5, 5.41) is 0. The van der Waals surface area contributed by atoms with Gasteiger partial charge in [0.05, 0.1) is 5.56 Å². The second-order valence-corrected chi connectivity index (χ2v) is 3.57. The molecule has 1 aromatic rings. The van der Waals surface area contributed by atoms with E-state index in [-0.39, 0.29) is 0 Å². The zero-order chi connectivity index (χ0) is 16.0. The second kappa shape index (κ2) is 4.70. The summed E-state index contributed by atoms with van der Waals surface area (Å²) in [4.78, 5) is 0. The minimum atomic E-state index is -6.53. The van der Waals surface area contributed by atoms with Gasteiger partial charge in [-0.25, -0.2) is 22.0 Å². The molecular weight excluding hydrogens is 312 g/mol. The van der Waals surface area contributed by atoms with Crippen LogP contribution in [0.3, 0.4) is 0 Å². The Morgan fingerprint density at radius 2 is 1.10 bits per heavy atom. The summed E-state index contributed by atoms with van der Waals surface area (Å²) in [7, 11) is 0. The average Bonchev–Trinajstić information content (AvgIpc) is 2.32. The summed E-state index contributed by atoms with van der Waals surface area (Å²) in [6.07, 6.45) is -11.2. The lowest BCUT2D eigenvalue weighted by Gasteiger charge is -2.24. The standard InChI is InChI=1S/C9H3F10N/c10-2-1(3(11)5(13)6(20)4(2)12)7(14)8(15,16)9(17,18)19/h7H,20H2. The van der Waals surface area contributed by atoms with Gasteiger partial charge in [0.2, 0.25) is 6.17 Å². The molecule has 0 radical (unpaired) electrons. The fourth-order valence-electron chi connectivity index (χ4n) is 1.21. The van der Waals surface area contributed by atoms with E-state index >= 15 is 0 Å². The first kappa shape index (κ1) is 16.4. The molecule has 0 aliphatic rings. The highest BCUT2D eigenvalue weighted by Crippen LogP contribution is 2.48. The van der Waals surface area contributed by atoms with Crippen molar-refractivity contribution in [3.8, 4) is 0 Å². The zero-order valence-electron chi connectivity index (χ0n) is 8.93. The Labute approximate surface area is 104 Å². The van der Waals surface area contributed by atoms with Gasteiger partial charge in [0.15, 0.2) is 23.3 Å². The molecule has 0 saturated carbocycles. The molecule has 1 rings (SSSR count). The molecule has 0 spiro atoms. The van der Waals surface area contributed by atoms with E-state index in [0.29, 0.717) is 0 Å². The molecule has 1 unspecified atom stereocenters. The minimum Gasteiger partial charge on any atom is -0.394 e. The van der Waals surface area contributed by atoms with Gasteiger partial charge in [0, 0.05) is 0 Å². The van der Waals surface area contributed by atoms with E-state index in [1.165, 1.54) is 0 Å². The molecular formula is C9H3F10N. The molecule has 0 heterocycles. The first-order valence-electron chi connectivity index (χ1n) is 4.54. The van der Waals surface area contributed by atoms with E-state index in [0.717, 1.165) is 0 Å². The van der Waals surface area contributed by atoms with E-state index in [9.17, 15) is 43.9 Å². The lowest BCUT2D eigenvalue weighted by Crippen LogP contribution is -2.41. The summed E-state index contributed by atoms with van der Waals surface area (Å²) < 4.78 is 126. The SMILES string of the molecule is Nc1c(F)c(F)c(C(F)C(F)(F)C(F)(F)F)c(F)c1F. The van der Waals surface area contributed by atoms with Crippen LogP contribution in [0.1, 0.15) is 11.7 Å². The van der Waals surface area contributed by atoms with E-state index in [1.54, 1.807) is 0 Å². The van der Waals surface area contributed by atoms with Crippen molar-refractivity contribution in [2.24, 2.45) is 0 Å². The molecule has 0 bridgehead atoms. The molecule has 0 fully saturated rings. The van der Waals surface area contributed by atoms with E-state index in [2.05, 4.69) is 5.73 Å². The van der Waals surface area contributed by atoms with E-state index in [4.69, 9.17) is 0 Å². The predicted octanol–water partition coefficient (Wildman–Crippen LogP) is 4.03. The number of rotatable bonds is 2. The molecule has 0 aliphatic heterocycles. The number of alkyl halides is 6. The van der Waals surface area contributed by atoms with Crippen LogP contribution in [0.5, 0.6) is 0 Å². The van der Waals surface area contributed by atoms with E-state index in [1.807, 2.05) is 0 Å². The van der Waals surface area contributed by atoms with Crippen molar-refractivity contribution in [2.75, 3.05) is 5.73 Å². The third-order valence-corrected chi connectivity index (χ3v) is 2.28. The molecule has 0 aliphatic carbocycles. The molecule has 1 atom stereocenters. The fourth-order valence-corrected chi connectivity index (χ4v) is 1.21. The van der Waals surface area contributed by atoms with Gasteiger partial charge in [-0.3, -0.25) is 0 Å². The van der Waals surface area contributed by atoms with E-state index < -0.39 is 52.8 Å². The van der Waals surface area contributed by atoms with Gasteiger partial charge in [0.25, 0.3) is 0 Å². The number of halogens is 10. The van der Waals surface area contributed by atoms with Crippen molar-refractivity contribution in [1.82, 2.24) is 0 Å². The summed E-state index contributed by atoms with van der Waals surface area (Å²) in [6, 6.07) is 0. The van der Waals surface area contributed by atoms with Crippen molar-refractivity contribution in [2.45, 2.75) is 18.3 Å². The van der Waals surface area contributed by atoms with Crippen LogP contribution >= 0.6 is 0 Å². The minimum absolute atomic E-state index is 1.81. The van der Waals surface area contributed by atoms with Gasteiger partial charge in [0.1, 0.15) is 5.69 Å². The molecule has 0 amide bonds. The Morgan fingerprint density at radius 3 is 1.40 bits per heavy atom. The van der Waals surface area contributed by atoms with Gasteiger partial charge < -0.3 is 5.73 Å². The molecule has 11 heteroatoms. The van der Waals surface area contributed by atoms with Crippen LogP contribution in [0.25, 0.3) is 0 Å². The number of nitrogen functional groups attached to an aromatic ring is 1. The van der Waals surface area contributed by atoms with Crippen LogP contribution in [0.2, 0.25) is 0 Å². The van der Waals surface area contributed by atoms with Crippen molar-refractivity contribution in [3.05, 3.63) is 28.8 Å². The van der Waals surface area contributed by atoms with Crippen LogP contribution in [0, 0.1) is 23.3 Å². The van der Waals surface area contributed by atoms with Crippen molar-refractivity contribution in [1.29, 1.82) is 0 Å². The Hall–Kier alpha value is -1.68. The lowest BCUT2D eigenvalue weighted by molar-refractivity contribution is -0.305. The highest BCUT2D eigenvalue weighted by atomic mass is 19.4. The predicted molar refractivity (Wildman–Crippen MR) is 45.5 cm³/mol. The summed E-state index contributed by atoms with van der Waals surface area (Å²) >= 11 is 0. The first-order chi connectivity index (χ1) is 8.84. The largest absolute Gasteiger partial charge is 0.456 e. The molecule has 0 aromatic heterocycles. The molecule has 1 aromatic carbocycles. The highest BCUT2D eigenvalue weighted by molar-refractivity contribution is 5.46. The molecule has 0 saturated heterocycles. The average molecular weight is 315 g/mol. The van der Waals surface area contributed by atoms with Crippen LogP contribution in [-0.4, -0.2) is 12.1 Å². The van der Waals surface area contributed by atoms with Crippen molar-refractivity contribution in [3.63, 3.8) is 0 Å². The zero-order valence-corrected chi connectivity index (χ0v) is 8.93. The van der Waals surface area contributed by atoms with Gasteiger partial charge in [-0.2, -0.15) is 22.0 Å². The molecule has 1 nitrogen and oxygen atoms in total. The molecule has 114 valence electrons. The number of anilines is 1. The number of hydrogen-bond donors (Lipinski definition) is 1. The third-order valence-electron chi connectivity index (χ3n) is 2.28. The Balaban J connectivity index is 3.57. The highest BCUT2D eigenvalue weighted by Gasteiger charge is 2.65. The first-order valence-corrected chi connectivity index (χ1v) is 4.54. The fraction of sp³-hybridized carbons (Fsp3) is 0.333. The third kappa shape index (κ3) is 2.24. The quantitative estimate of drug-likeness (QED) is 0.498. The van der Waals surface area contributed by atoms with Gasteiger partial charge >= 0.3 is 12.1 Å². The Kier molecular flexibility index (Phi) is 3.85. The topological polar surface area (TPSA) is 26.0 Å². The Bertz CT molecular complexity index is 506. The molecule has 2 N–H and O–H groups in total. The maximum absolute atomic E-state index is 13.1. The normalized spacial score (nSPS) is 14.5. The van der Waals surface area contributed by atoms with Crippen molar-refractivity contribution < 1.29 is 43.9 Å². The monoisotopic (exact) mass is 315 g/mol. The summed E-state index contributed by atoms with van der Waals surface area (Å²) in [6.45, 7) is 0. The smallest absolute Gasteiger partial charge is 0.394 e. The molecule has 20 heavy (non-hydrogen) atoms. The Morgan fingerprint density at radius 1 is 0.750 bits per heavy atom. The summed E-state index contributed by atoms with van der Waals surface area (Å²) in [5.41, 5.74) is -0.0538. The van der Waals surface area contributed by atoms with Crippen LogP contribution in [-0.2, 0) is 0 Å². The number of hydrogen-bond acceptors (Lipinski definition) is 1. The van der Waals surface area contributed by atoms with Crippen LogP contribution in [0.4, 0.5) is 49.6 Å². The van der Waals surface area contributed by atoms with Gasteiger partial charge in [-0.05, 0) is 0 Å². The maximum Gasteiger partial charge on any atom is 0.456 e. The maximum atomic E-state index is 13.1. The van der Waals surface area contributed by atoms with Gasteiger partial charge in [-0.15, -0.1) is 0 Å². The second-order valence-electron chi connectivity index (χ2n) is 3.57. The number of nitrogens with two attached hydrogens (primary N) is 1. The summed E-state index contributed by atoms with van der Waals surface area (Å²) in [5.74, 6) is -16.7.